The molecule has 0 N–H and O–H groups in total. The molecule has 5 heterocycles. The molecule has 0 unspecified atom stereocenters. The van der Waals surface area contributed by atoms with E-state index >= 15 is 0 Å². The van der Waals surface area contributed by atoms with Crippen LogP contribution in [0.4, 0.5) is 0 Å². The van der Waals surface area contributed by atoms with Crippen LogP contribution in [-0.2, 0) is 45.8 Å². The molecule has 6 heteroatoms. The van der Waals surface area contributed by atoms with Gasteiger partial charge in [0.1, 0.15) is 0 Å². The van der Waals surface area contributed by atoms with Crippen LogP contribution in [-0.4, -0.2) is 24.6 Å². The molecule has 64 heavy (non-hydrogen) atoms. The fourth-order valence-electron chi connectivity index (χ4n) is 8.65. The molecule has 0 aliphatic carbocycles. The van der Waals surface area contributed by atoms with Gasteiger partial charge in [0.25, 0.3) is 0 Å². The Morgan fingerprint density at radius 2 is 1.00 bits per heavy atom. The number of benzene rings is 6. The summed E-state index contributed by atoms with van der Waals surface area (Å²) in [5.41, 5.74) is 18.3. The zero-order valence-electron chi connectivity index (χ0n) is 34.9. The number of hydrogen-bond donors (Lipinski definition) is 0. The van der Waals surface area contributed by atoms with E-state index in [1.807, 2.05) is 85.3 Å². The van der Waals surface area contributed by atoms with E-state index in [9.17, 15) is 0 Å². The van der Waals surface area contributed by atoms with Crippen LogP contribution in [0.5, 0.6) is 0 Å². The van der Waals surface area contributed by atoms with Crippen LogP contribution in [0.3, 0.4) is 0 Å². The first kappa shape index (κ1) is 40.7. The monoisotopic (exact) mass is 999 g/mol. The van der Waals surface area contributed by atoms with Gasteiger partial charge in [0.15, 0.2) is 0 Å². The van der Waals surface area contributed by atoms with E-state index < -0.39 is 0 Å². The van der Waals surface area contributed by atoms with Gasteiger partial charge in [0.05, 0.1) is 11.2 Å². The molecule has 0 saturated heterocycles. The molecule has 5 aromatic heterocycles. The van der Waals surface area contributed by atoms with Crippen LogP contribution < -0.4 is 0 Å². The van der Waals surface area contributed by atoms with Crippen molar-refractivity contribution in [2.45, 2.75) is 25.7 Å². The number of aromatic nitrogens is 5. The van der Waals surface area contributed by atoms with Crippen LogP contribution in [0.2, 0.25) is 0 Å². The molecular formula is C58H40IrN5. The fraction of sp³-hybridized carbons (Fsp3) is 0.0690. The summed E-state index contributed by atoms with van der Waals surface area (Å²) < 4.78 is 2.05. The van der Waals surface area contributed by atoms with Crippen molar-refractivity contribution in [2.24, 2.45) is 0 Å². The Morgan fingerprint density at radius 3 is 1.61 bits per heavy atom. The van der Waals surface area contributed by atoms with Gasteiger partial charge in [-0.1, -0.05) is 109 Å². The largest absolute Gasteiger partial charge is 3.00 e. The second-order valence-corrected chi connectivity index (χ2v) is 16.0. The molecular weight excluding hydrogens is 959 g/mol. The van der Waals surface area contributed by atoms with Crippen molar-refractivity contribution in [1.82, 2.24) is 24.6 Å². The first-order valence-electron chi connectivity index (χ1n) is 21.4. The van der Waals surface area contributed by atoms with E-state index in [1.54, 1.807) is 0 Å². The Kier molecular flexibility index (Phi) is 11.5. The Morgan fingerprint density at radius 1 is 0.406 bits per heavy atom. The number of hydrogen-bond acceptors (Lipinski definition) is 4. The SMILES string of the molecule is [Ir+3].[c-]1ccccc1-c1ccc(CCc2cc(CCc3ccc(-c4[c-]cccc4)nc3)cc(-c3ccccc3-c3cnc4c5[c-]cccc5n5nc(-c6ccccc6)cc5c4c3)c2)cn1. The van der Waals surface area contributed by atoms with Crippen molar-refractivity contribution in [3.63, 3.8) is 0 Å². The van der Waals surface area contributed by atoms with Crippen molar-refractivity contribution in [1.29, 1.82) is 0 Å². The average Bonchev–Trinajstić information content (AvgIpc) is 3.83. The zero-order valence-corrected chi connectivity index (χ0v) is 37.3. The third-order valence-corrected chi connectivity index (χ3v) is 11.9. The van der Waals surface area contributed by atoms with E-state index in [0.717, 1.165) is 97.9 Å². The van der Waals surface area contributed by atoms with Gasteiger partial charge in [0, 0.05) is 24.2 Å². The first-order valence-corrected chi connectivity index (χ1v) is 21.4. The van der Waals surface area contributed by atoms with E-state index in [4.69, 9.17) is 20.1 Å². The molecule has 0 spiro atoms. The van der Waals surface area contributed by atoms with Gasteiger partial charge in [-0.25, -0.2) is 0 Å². The van der Waals surface area contributed by atoms with Crippen molar-refractivity contribution in [3.05, 3.63) is 235 Å². The third-order valence-electron chi connectivity index (χ3n) is 11.9. The van der Waals surface area contributed by atoms with Crippen LogP contribution in [0.1, 0.15) is 22.3 Å². The summed E-state index contributed by atoms with van der Waals surface area (Å²) in [6, 6.07) is 71.4. The maximum Gasteiger partial charge on any atom is 3.00 e. The van der Waals surface area contributed by atoms with E-state index in [1.165, 1.54) is 33.4 Å². The van der Waals surface area contributed by atoms with Gasteiger partial charge in [0.2, 0.25) is 0 Å². The number of fused-ring (bicyclic) bond motifs is 6. The molecule has 5 nitrogen and oxygen atoms in total. The second-order valence-electron chi connectivity index (χ2n) is 16.0. The van der Waals surface area contributed by atoms with Gasteiger partial charge in [-0.05, 0) is 104 Å². The minimum absolute atomic E-state index is 0. The van der Waals surface area contributed by atoms with Crippen LogP contribution >= 0.6 is 0 Å². The minimum Gasteiger partial charge on any atom is -0.304 e. The third kappa shape index (κ3) is 8.29. The van der Waals surface area contributed by atoms with Gasteiger partial charge >= 0.3 is 20.1 Å². The normalized spacial score (nSPS) is 11.2. The maximum atomic E-state index is 5.18. The number of aryl methyl sites for hydroxylation is 4. The summed E-state index contributed by atoms with van der Waals surface area (Å²) in [4.78, 5) is 14.8. The summed E-state index contributed by atoms with van der Waals surface area (Å²) >= 11 is 0. The van der Waals surface area contributed by atoms with Crippen molar-refractivity contribution < 1.29 is 20.1 Å². The quantitative estimate of drug-likeness (QED) is 0.0957. The second kappa shape index (κ2) is 18.2. The molecule has 0 amide bonds. The summed E-state index contributed by atoms with van der Waals surface area (Å²) in [6.45, 7) is 0. The predicted octanol–water partition coefficient (Wildman–Crippen LogP) is 13.1. The molecule has 0 saturated carbocycles. The van der Waals surface area contributed by atoms with E-state index in [-0.39, 0.29) is 20.1 Å². The number of nitrogens with zero attached hydrogens (tertiary/aromatic N) is 5. The minimum atomic E-state index is 0. The zero-order chi connectivity index (χ0) is 42.0. The summed E-state index contributed by atoms with van der Waals surface area (Å²) in [5, 5.41) is 7.11. The molecule has 0 aliphatic heterocycles. The molecule has 11 rings (SSSR count). The van der Waals surface area contributed by atoms with Crippen LogP contribution in [0.25, 0.3) is 83.3 Å². The van der Waals surface area contributed by atoms with Crippen molar-refractivity contribution in [2.75, 3.05) is 0 Å². The molecule has 0 bridgehead atoms. The van der Waals surface area contributed by atoms with Gasteiger partial charge in [-0.3, -0.25) is 4.52 Å². The molecule has 306 valence electrons. The molecule has 0 radical (unpaired) electrons. The van der Waals surface area contributed by atoms with Crippen LogP contribution in [0.15, 0.2) is 195 Å². The standard InChI is InChI=1S/C58H40N5.Ir/c1-4-14-44(15-5-1)53-30-28-40(37-59-53)24-26-42-32-43(27-25-41-29-31-54(60-38-41)45-16-6-2-7-17-45)34-47(33-42)49-20-10-11-21-50(49)48-35-52-57-36-55(46-18-8-3-9-19-46)62-63(57)56-23-13-12-22-51(56)58(52)61-39-48;/h1-14,16,18-21,23,28-39H,24-27H2;/q-3;+3. The predicted molar refractivity (Wildman–Crippen MR) is 255 cm³/mol. The van der Waals surface area contributed by atoms with Crippen molar-refractivity contribution in [3.8, 4) is 56.0 Å². The van der Waals surface area contributed by atoms with E-state index in [2.05, 4.69) is 132 Å². The van der Waals surface area contributed by atoms with Crippen molar-refractivity contribution >= 4 is 27.3 Å². The Labute approximate surface area is 386 Å². The Hall–Kier alpha value is -7.37. The number of pyridine rings is 4. The molecule has 11 aromatic rings. The first-order chi connectivity index (χ1) is 31.2. The van der Waals surface area contributed by atoms with Gasteiger partial charge in [-0.2, -0.15) is 5.10 Å². The molecule has 0 aliphatic rings. The number of rotatable bonds is 11. The van der Waals surface area contributed by atoms with Gasteiger partial charge in [-0.15, -0.1) is 96.1 Å². The van der Waals surface area contributed by atoms with Gasteiger partial charge < -0.3 is 15.0 Å². The topological polar surface area (TPSA) is 56.0 Å². The summed E-state index contributed by atoms with van der Waals surface area (Å²) in [6.07, 6.45) is 9.56. The Balaban J connectivity index is 0.00000484. The van der Waals surface area contributed by atoms with E-state index in [0.29, 0.717) is 0 Å². The van der Waals surface area contributed by atoms with Crippen LogP contribution in [0, 0.1) is 18.2 Å². The molecule has 0 fully saturated rings. The average molecular weight is 999 g/mol. The molecule has 0 atom stereocenters. The fourth-order valence-corrected chi connectivity index (χ4v) is 8.65. The maximum absolute atomic E-state index is 5.18. The Bertz CT molecular complexity index is 3260. The summed E-state index contributed by atoms with van der Waals surface area (Å²) in [7, 11) is 0. The molecule has 6 aromatic carbocycles. The smallest absolute Gasteiger partial charge is 0.304 e. The summed E-state index contributed by atoms with van der Waals surface area (Å²) in [5.74, 6) is 0.